The molecule has 18 heteroatoms. The fourth-order valence-electron chi connectivity index (χ4n) is 11.1. The lowest BCUT2D eigenvalue weighted by molar-refractivity contribution is -0.112. The molecule has 2 aromatic carbocycles. The number of aliphatic hydroxyl groups excluding tert-OH is 2. The van der Waals surface area contributed by atoms with E-state index >= 15 is 0 Å². The van der Waals surface area contributed by atoms with E-state index < -0.39 is 83.1 Å². The molecule has 5 N–H and O–H groups in total. The molecule has 6 aliphatic rings. The Morgan fingerprint density at radius 2 is 1.63 bits per heavy atom. The van der Waals surface area contributed by atoms with Crippen molar-refractivity contribution in [3.05, 3.63) is 82.4 Å². The van der Waals surface area contributed by atoms with Crippen LogP contribution in [-0.4, -0.2) is 142 Å². The Bertz CT molecular complexity index is 2810. The van der Waals surface area contributed by atoms with Crippen molar-refractivity contribution < 1.29 is 53.8 Å². The number of rotatable bonds is 5. The molecule has 6 aliphatic heterocycles. The van der Waals surface area contributed by atoms with Crippen molar-refractivity contribution in [3.63, 3.8) is 0 Å². The van der Waals surface area contributed by atoms with Gasteiger partial charge in [-0.05, 0) is 44.4 Å². The smallest absolute Gasteiger partial charge is 0.410 e. The number of hydrogen-bond donors (Lipinski definition) is 5. The van der Waals surface area contributed by atoms with Gasteiger partial charge in [0, 0.05) is 119 Å². The Hall–Kier alpha value is -6.08. The van der Waals surface area contributed by atoms with E-state index in [9.17, 15) is 34.8 Å². The first-order valence-corrected chi connectivity index (χ1v) is 25.7. The number of piperidine rings is 1. The predicted molar refractivity (Wildman–Crippen MR) is 275 cm³/mol. The van der Waals surface area contributed by atoms with Crippen molar-refractivity contribution in [1.82, 2.24) is 14.8 Å². The summed E-state index contributed by atoms with van der Waals surface area (Å²) in [6.07, 6.45) is 6.70. The number of likely N-dealkylation sites (tertiary alicyclic amines) is 1. The van der Waals surface area contributed by atoms with Gasteiger partial charge in [-0.2, -0.15) is 0 Å². The highest BCUT2D eigenvalue weighted by atomic mass is 16.7. The second-order valence-electron chi connectivity index (χ2n) is 21.2. The van der Waals surface area contributed by atoms with Gasteiger partial charge in [-0.25, -0.2) is 9.78 Å². The Morgan fingerprint density at radius 3 is 2.32 bits per heavy atom. The van der Waals surface area contributed by atoms with Gasteiger partial charge in [-0.3, -0.25) is 19.6 Å². The number of amides is 2. The maximum absolute atomic E-state index is 15.0. The molecule has 0 radical (unpaired) electrons. The highest BCUT2D eigenvalue weighted by Gasteiger charge is 2.50. The zero-order valence-electron chi connectivity index (χ0n) is 43.8. The summed E-state index contributed by atoms with van der Waals surface area (Å²) in [7, 11) is 1.49. The van der Waals surface area contributed by atoms with Crippen LogP contribution in [0.3, 0.4) is 0 Å². The van der Waals surface area contributed by atoms with Gasteiger partial charge in [0.1, 0.15) is 34.5 Å². The Labute approximate surface area is 427 Å². The minimum absolute atomic E-state index is 0.0306. The number of phenols is 2. The molecule has 1 aromatic heterocycles. The summed E-state index contributed by atoms with van der Waals surface area (Å²) in [5.41, 5.74) is -0.610. The molecule has 5 bridgehead atoms. The van der Waals surface area contributed by atoms with Crippen LogP contribution in [0.15, 0.2) is 70.5 Å². The standard InChI is InChI=1S/C55H73N7O11/c1-30(2)29-60-24-19-55(20-25-60)58-42-39-40-47(65)36(8)50-41(39)51(67)54(9,73-50)71-28-18-37(70-10)33(5)49(72-53(69)62-23-14-22-61(26-27-62)38-17-11-12-21-56-38)35(7)46(64)34(6)45(63)31(3)15-13-16-32(4)52(68)57-44(48(40)66)43(42)59-55/h11-13,15-18,21,28,30-31,33-35,37,45-46,49,63-66H,14,19-20,22-27,29H2,1-10H3,(H,57,68)/b15-13+,28-18+,32-16-/t31?,33-,34-,35-,37+,45+,46-,49-,54+/m1/s1. The number of pyridine rings is 1. The molecule has 1 unspecified atom stereocenters. The third-order valence-electron chi connectivity index (χ3n) is 15.6. The van der Waals surface area contributed by atoms with Gasteiger partial charge in [-0.1, -0.05) is 65.8 Å². The quantitative estimate of drug-likeness (QED) is 0.187. The van der Waals surface area contributed by atoms with E-state index in [4.69, 9.17) is 28.9 Å². The molecule has 2 amide bonds. The summed E-state index contributed by atoms with van der Waals surface area (Å²) in [6.45, 7) is 20.4. The number of fused-ring (bicyclic) bond motifs is 13. The normalized spacial score (nSPS) is 30.7. The van der Waals surface area contributed by atoms with E-state index in [-0.39, 0.29) is 55.4 Å². The van der Waals surface area contributed by atoms with Gasteiger partial charge >= 0.3 is 11.9 Å². The number of benzene rings is 2. The first-order chi connectivity index (χ1) is 34.7. The number of aromatic hydroxyl groups is 2. The number of phenolic OH excluding ortho intramolecular Hbond substituents is 2. The third kappa shape index (κ3) is 10.4. The molecule has 18 nitrogen and oxygen atoms in total. The van der Waals surface area contributed by atoms with Crippen LogP contribution < -0.4 is 25.7 Å². The van der Waals surface area contributed by atoms with Crippen LogP contribution in [0.1, 0.15) is 90.6 Å². The average molecular weight is 1010 g/mol. The molecular weight excluding hydrogens is 935 g/mol. The Balaban J connectivity index is 1.19. The number of aliphatic hydroxyl groups is 2. The largest absolute Gasteiger partial charge is 0.507 e. The minimum atomic E-state index is -1.99. The monoisotopic (exact) mass is 1010 g/mol. The van der Waals surface area contributed by atoms with Crippen molar-refractivity contribution >= 4 is 40.1 Å². The third-order valence-corrected chi connectivity index (χ3v) is 15.6. The molecule has 9 atom stereocenters. The van der Waals surface area contributed by atoms with E-state index in [1.807, 2.05) is 25.1 Å². The summed E-state index contributed by atoms with van der Waals surface area (Å²) >= 11 is 0. The van der Waals surface area contributed by atoms with Gasteiger partial charge in [-0.15, -0.1) is 0 Å². The zero-order chi connectivity index (χ0) is 52.7. The number of hydrogen-bond acceptors (Lipinski definition) is 16. The van der Waals surface area contributed by atoms with Crippen LogP contribution in [0, 0.1) is 36.5 Å². The molecule has 2 saturated heterocycles. The Kier molecular flexibility index (Phi) is 15.6. The van der Waals surface area contributed by atoms with E-state index in [1.54, 1.807) is 70.0 Å². The molecule has 7 heterocycles. The van der Waals surface area contributed by atoms with Gasteiger partial charge < -0.3 is 59.4 Å². The van der Waals surface area contributed by atoms with Gasteiger partial charge in [0.25, 0.3) is 11.7 Å². The summed E-state index contributed by atoms with van der Waals surface area (Å²) in [4.78, 5) is 64.3. The summed E-state index contributed by atoms with van der Waals surface area (Å²) < 4.78 is 25.1. The number of ketones is 1. The number of carbonyl (C=O) groups is 3. The lowest BCUT2D eigenvalue weighted by atomic mass is 9.78. The SMILES string of the molecule is CO[C@H]1/C=C/O[C@@]2(C)Oc3c(C)c(O)c4c(O)c(c5c(c4c3C2=O)=NC2(CCN(CC(C)C)CC2)N=5)NC(=O)/C(C)=C\C=C\C(C)[C@H](O)[C@@H](C)[C@@H](O)[C@@H](C)[C@H](OC(=O)N2CCCN(c3ccccn3)CC2)[C@@H]1C. The average Bonchev–Trinajstić information content (AvgIpc) is 3.73. The number of nitrogens with zero attached hydrogens (tertiary/aromatic N) is 6. The van der Waals surface area contributed by atoms with E-state index in [1.165, 1.54) is 20.3 Å². The number of Topliss-reactive ketones (excluding diaryl/α,β-unsaturated/α-hetero) is 1. The number of ether oxygens (including phenoxy) is 4. The first-order valence-electron chi connectivity index (χ1n) is 25.7. The second-order valence-corrected chi connectivity index (χ2v) is 21.2. The highest BCUT2D eigenvalue weighted by Crippen LogP contribution is 2.50. The molecule has 1 spiro atoms. The van der Waals surface area contributed by atoms with Crippen molar-refractivity contribution in [2.45, 2.75) is 117 Å². The number of nitrogens with one attached hydrogen (secondary N) is 1. The second kappa shape index (κ2) is 21.4. The van der Waals surface area contributed by atoms with Crippen LogP contribution in [-0.2, 0) is 19.0 Å². The lowest BCUT2D eigenvalue weighted by Gasteiger charge is -2.38. The van der Waals surface area contributed by atoms with Crippen LogP contribution in [0.4, 0.5) is 16.3 Å². The van der Waals surface area contributed by atoms with Crippen LogP contribution in [0.5, 0.6) is 17.2 Å². The predicted octanol–water partition coefficient (Wildman–Crippen LogP) is 5.93. The summed E-state index contributed by atoms with van der Waals surface area (Å²) in [6, 6.07) is 5.72. The van der Waals surface area contributed by atoms with Crippen LogP contribution in [0.25, 0.3) is 10.8 Å². The number of aromatic nitrogens is 1. The first kappa shape index (κ1) is 53.2. The number of anilines is 2. The van der Waals surface area contributed by atoms with Gasteiger partial charge in [0.05, 0.1) is 40.9 Å². The maximum atomic E-state index is 15.0. The van der Waals surface area contributed by atoms with Crippen molar-refractivity contribution in [2.75, 3.05) is 63.1 Å². The number of methoxy groups -OCH3 is 1. The highest BCUT2D eigenvalue weighted by molar-refractivity contribution is 6.19. The maximum Gasteiger partial charge on any atom is 0.410 e. The molecule has 0 saturated carbocycles. The Morgan fingerprint density at radius 1 is 0.904 bits per heavy atom. The van der Waals surface area contributed by atoms with Crippen LogP contribution >= 0.6 is 0 Å². The van der Waals surface area contributed by atoms with Crippen molar-refractivity contribution in [2.24, 2.45) is 39.6 Å². The molecule has 0 aliphatic carbocycles. The molecular formula is C55H73N7O11. The van der Waals surface area contributed by atoms with Crippen molar-refractivity contribution in [1.29, 1.82) is 0 Å². The molecule has 9 rings (SSSR count). The van der Waals surface area contributed by atoms with E-state index in [0.29, 0.717) is 64.4 Å². The summed E-state index contributed by atoms with van der Waals surface area (Å²) in [5.74, 6) is -5.36. The van der Waals surface area contributed by atoms with Crippen molar-refractivity contribution in [3.8, 4) is 17.2 Å². The fraction of sp³-hybridized carbons (Fsp3) is 0.564. The molecule has 73 heavy (non-hydrogen) atoms. The number of allylic oxidation sites excluding steroid dienone is 2. The topological polar surface area (TPSA) is 228 Å². The summed E-state index contributed by atoms with van der Waals surface area (Å²) in [5, 5.41) is 51.3. The zero-order valence-corrected chi connectivity index (χ0v) is 43.8. The van der Waals surface area contributed by atoms with E-state index in [2.05, 4.69) is 33.9 Å². The minimum Gasteiger partial charge on any atom is -0.507 e. The molecule has 3 aromatic rings. The molecule has 394 valence electrons. The van der Waals surface area contributed by atoms with Gasteiger partial charge in [0.15, 0.2) is 11.4 Å². The number of carbonyl (C=O) groups excluding carboxylic acids is 3. The van der Waals surface area contributed by atoms with E-state index in [0.717, 1.165) is 12.4 Å². The lowest BCUT2D eigenvalue weighted by Crippen LogP contribution is -2.48. The van der Waals surface area contributed by atoms with Gasteiger partial charge in [0.2, 0.25) is 0 Å². The van der Waals surface area contributed by atoms with Crippen LogP contribution in [0.2, 0.25) is 0 Å². The fourth-order valence-corrected chi connectivity index (χ4v) is 11.1. The molecule has 2 fully saturated rings.